The molecule has 2 heterocycles. The van der Waals surface area contributed by atoms with E-state index in [-0.39, 0.29) is 18.3 Å². The number of nitrogens with one attached hydrogen (secondary N) is 1. The van der Waals surface area contributed by atoms with Crippen molar-refractivity contribution in [3.8, 4) is 11.5 Å². The van der Waals surface area contributed by atoms with Gasteiger partial charge in [-0.1, -0.05) is 6.07 Å². The Morgan fingerprint density at radius 1 is 1.18 bits per heavy atom. The van der Waals surface area contributed by atoms with E-state index in [0.717, 1.165) is 22.2 Å². The van der Waals surface area contributed by atoms with E-state index in [1.807, 2.05) is 18.2 Å². The molecule has 0 spiro atoms. The molecule has 0 atom stereocenters. The summed E-state index contributed by atoms with van der Waals surface area (Å²) in [5.41, 5.74) is 8.95. The van der Waals surface area contributed by atoms with Gasteiger partial charge in [-0.2, -0.15) is 9.50 Å². The van der Waals surface area contributed by atoms with Crippen LogP contribution < -0.4 is 15.8 Å². The number of nitrogen functional groups attached to an aromatic ring is 1. The fraction of sp³-hybridized carbons (Fsp3) is 0.211. The number of aliphatic hydroxyl groups excluding tert-OH is 1. The van der Waals surface area contributed by atoms with E-state index >= 15 is 0 Å². The number of anilines is 2. The zero-order valence-electron chi connectivity index (χ0n) is 15.3. The van der Waals surface area contributed by atoms with E-state index in [0.29, 0.717) is 30.2 Å². The maximum atomic E-state index is 9.81. The molecule has 9 nitrogen and oxygen atoms in total. The van der Waals surface area contributed by atoms with Gasteiger partial charge in [-0.15, -0.1) is 5.10 Å². The van der Waals surface area contributed by atoms with E-state index in [1.165, 1.54) is 7.11 Å². The highest BCUT2D eigenvalue weighted by Gasteiger charge is 2.14. The Balaban J connectivity index is 1.83. The summed E-state index contributed by atoms with van der Waals surface area (Å²) in [7, 11) is 1.50. The lowest BCUT2D eigenvalue weighted by Gasteiger charge is -2.10. The smallest absolute Gasteiger partial charge is 0.240 e. The van der Waals surface area contributed by atoms with Crippen LogP contribution in [0.25, 0.3) is 16.6 Å². The summed E-state index contributed by atoms with van der Waals surface area (Å²) in [6.07, 6.45) is 0.445. The van der Waals surface area contributed by atoms with Crippen molar-refractivity contribution >= 4 is 28.2 Å². The van der Waals surface area contributed by atoms with Crippen LogP contribution in [0.5, 0.6) is 11.5 Å². The minimum atomic E-state index is 0.0408. The molecule has 0 aliphatic carbocycles. The first-order valence-electron chi connectivity index (χ1n) is 8.74. The topological polar surface area (TPSA) is 131 Å². The maximum absolute atomic E-state index is 9.81. The van der Waals surface area contributed by atoms with Crippen molar-refractivity contribution in [3.05, 3.63) is 47.8 Å². The number of hydrogen-bond donors (Lipinski definition) is 4. The second-order valence-corrected chi connectivity index (χ2v) is 6.30. The van der Waals surface area contributed by atoms with Crippen LogP contribution in [-0.4, -0.2) is 50.1 Å². The Bertz CT molecular complexity index is 1160. The largest absolute Gasteiger partial charge is 0.504 e. The SMILES string of the molecule is COc1cc(Cc2nc3cc(NCCO)ccc3c3nc(N)nn23)ccc1O. The van der Waals surface area contributed by atoms with Gasteiger partial charge in [0.15, 0.2) is 17.1 Å². The van der Waals surface area contributed by atoms with Crippen molar-refractivity contribution in [2.24, 2.45) is 0 Å². The van der Waals surface area contributed by atoms with Gasteiger partial charge in [-0.3, -0.25) is 0 Å². The van der Waals surface area contributed by atoms with Gasteiger partial charge in [0, 0.05) is 24.0 Å². The van der Waals surface area contributed by atoms with Crippen LogP contribution in [-0.2, 0) is 6.42 Å². The molecule has 2 aromatic carbocycles. The summed E-state index contributed by atoms with van der Waals surface area (Å²) in [5.74, 6) is 1.29. The number of phenols is 1. The Morgan fingerprint density at radius 3 is 2.82 bits per heavy atom. The molecule has 0 saturated heterocycles. The van der Waals surface area contributed by atoms with Crippen molar-refractivity contribution in [2.45, 2.75) is 6.42 Å². The summed E-state index contributed by atoms with van der Waals surface area (Å²) in [6.45, 7) is 0.491. The number of aromatic hydroxyl groups is 1. The molecule has 0 unspecified atom stereocenters. The number of benzene rings is 2. The molecule has 4 rings (SSSR count). The first-order valence-corrected chi connectivity index (χ1v) is 8.74. The molecule has 4 aromatic rings. The predicted octanol–water partition coefficient (Wildman–Crippen LogP) is 1.57. The number of rotatable bonds is 6. The molecule has 0 saturated carbocycles. The highest BCUT2D eigenvalue weighted by atomic mass is 16.5. The van der Waals surface area contributed by atoms with Crippen molar-refractivity contribution in [3.63, 3.8) is 0 Å². The number of ether oxygens (including phenoxy) is 1. The molecule has 28 heavy (non-hydrogen) atoms. The van der Waals surface area contributed by atoms with Crippen LogP contribution in [0.4, 0.5) is 11.6 Å². The Kier molecular flexibility index (Phi) is 4.58. The number of aliphatic hydroxyl groups is 1. The van der Waals surface area contributed by atoms with Gasteiger partial charge < -0.3 is 26.0 Å². The second-order valence-electron chi connectivity index (χ2n) is 6.30. The van der Waals surface area contributed by atoms with E-state index in [4.69, 9.17) is 20.6 Å². The third-order valence-corrected chi connectivity index (χ3v) is 4.40. The highest BCUT2D eigenvalue weighted by Crippen LogP contribution is 2.28. The normalized spacial score (nSPS) is 11.2. The van der Waals surface area contributed by atoms with Gasteiger partial charge in [0.1, 0.15) is 5.82 Å². The minimum Gasteiger partial charge on any atom is -0.504 e. The van der Waals surface area contributed by atoms with Gasteiger partial charge in [-0.05, 0) is 35.9 Å². The lowest BCUT2D eigenvalue weighted by molar-refractivity contribution is 0.311. The van der Waals surface area contributed by atoms with Crippen LogP contribution in [0.1, 0.15) is 11.4 Å². The molecular weight excluding hydrogens is 360 g/mol. The average molecular weight is 380 g/mol. The third kappa shape index (κ3) is 3.23. The Morgan fingerprint density at radius 2 is 2.04 bits per heavy atom. The Hall–Kier alpha value is -3.59. The first kappa shape index (κ1) is 17.8. The summed E-state index contributed by atoms with van der Waals surface area (Å²) in [4.78, 5) is 9.11. The monoisotopic (exact) mass is 380 g/mol. The minimum absolute atomic E-state index is 0.0408. The predicted molar refractivity (Wildman–Crippen MR) is 106 cm³/mol. The number of nitrogens with zero attached hydrogens (tertiary/aromatic N) is 4. The van der Waals surface area contributed by atoms with Crippen LogP contribution >= 0.6 is 0 Å². The molecule has 2 aromatic heterocycles. The zero-order valence-corrected chi connectivity index (χ0v) is 15.3. The summed E-state index contributed by atoms with van der Waals surface area (Å²) < 4.78 is 6.82. The quantitative estimate of drug-likeness (QED) is 0.396. The molecular formula is C19H20N6O3. The lowest BCUT2D eigenvalue weighted by Crippen LogP contribution is -2.07. The van der Waals surface area contributed by atoms with Gasteiger partial charge in [-0.25, -0.2) is 4.98 Å². The Labute approximate surface area is 160 Å². The molecule has 5 N–H and O–H groups in total. The van der Waals surface area contributed by atoms with E-state index in [9.17, 15) is 5.11 Å². The van der Waals surface area contributed by atoms with Crippen molar-refractivity contribution in [1.82, 2.24) is 19.6 Å². The fourth-order valence-corrected chi connectivity index (χ4v) is 3.12. The highest BCUT2D eigenvalue weighted by molar-refractivity contribution is 5.93. The van der Waals surface area contributed by atoms with Crippen molar-refractivity contribution in [1.29, 1.82) is 0 Å². The van der Waals surface area contributed by atoms with E-state index < -0.39 is 0 Å². The van der Waals surface area contributed by atoms with E-state index in [1.54, 1.807) is 22.7 Å². The fourth-order valence-electron chi connectivity index (χ4n) is 3.12. The lowest BCUT2D eigenvalue weighted by atomic mass is 10.1. The third-order valence-electron chi connectivity index (χ3n) is 4.40. The number of fused-ring (bicyclic) bond motifs is 3. The zero-order chi connectivity index (χ0) is 19.7. The first-order chi connectivity index (χ1) is 13.6. The van der Waals surface area contributed by atoms with Gasteiger partial charge in [0.05, 0.1) is 19.2 Å². The number of phenolic OH excluding ortho intramolecular Hbond substituents is 1. The molecule has 0 amide bonds. The van der Waals surface area contributed by atoms with Crippen LogP contribution in [0.15, 0.2) is 36.4 Å². The molecule has 144 valence electrons. The van der Waals surface area contributed by atoms with Gasteiger partial charge in [0.25, 0.3) is 0 Å². The molecule has 9 heteroatoms. The molecule has 0 aliphatic heterocycles. The average Bonchev–Trinajstić information content (AvgIpc) is 3.09. The molecule has 0 radical (unpaired) electrons. The van der Waals surface area contributed by atoms with Gasteiger partial charge >= 0.3 is 0 Å². The van der Waals surface area contributed by atoms with Gasteiger partial charge in [0.2, 0.25) is 5.95 Å². The molecule has 0 fully saturated rings. The maximum Gasteiger partial charge on any atom is 0.240 e. The summed E-state index contributed by atoms with van der Waals surface area (Å²) >= 11 is 0. The number of nitrogens with two attached hydrogens (primary N) is 1. The second kappa shape index (κ2) is 7.20. The van der Waals surface area contributed by atoms with Crippen LogP contribution in [0, 0.1) is 0 Å². The standard InChI is InChI=1S/C19H20N6O3/c1-28-16-8-11(2-5-15(16)27)9-17-22-14-10-12(21-6-7-26)3-4-13(14)18-23-19(20)24-25(17)18/h2-5,8,10,21,26-27H,6-7,9H2,1H3,(H2,20,24). The molecule has 0 bridgehead atoms. The number of aromatic nitrogens is 4. The summed E-state index contributed by atoms with van der Waals surface area (Å²) in [6, 6.07) is 10.8. The number of methoxy groups -OCH3 is 1. The van der Waals surface area contributed by atoms with Crippen LogP contribution in [0.2, 0.25) is 0 Å². The van der Waals surface area contributed by atoms with Crippen molar-refractivity contribution < 1.29 is 14.9 Å². The molecule has 0 aliphatic rings. The van der Waals surface area contributed by atoms with E-state index in [2.05, 4.69) is 15.4 Å². The van der Waals surface area contributed by atoms with Crippen LogP contribution in [0.3, 0.4) is 0 Å². The summed E-state index contributed by atoms with van der Waals surface area (Å²) in [5, 5.41) is 27.1. The number of hydrogen-bond acceptors (Lipinski definition) is 8. The van der Waals surface area contributed by atoms with Crippen molar-refractivity contribution in [2.75, 3.05) is 31.3 Å².